The fraction of sp³-hybridized carbons (Fsp3) is 0.458. The number of rotatable bonds is 6. The van der Waals surface area contributed by atoms with Crippen LogP contribution in [-0.2, 0) is 16.0 Å². The minimum Gasteiger partial charge on any atom is -0.381 e. The van der Waals surface area contributed by atoms with E-state index in [4.69, 9.17) is 16.3 Å². The number of aromatic nitrogens is 1. The van der Waals surface area contributed by atoms with Crippen molar-refractivity contribution < 1.29 is 23.1 Å². The third-order valence-electron chi connectivity index (χ3n) is 6.33. The van der Waals surface area contributed by atoms with Crippen molar-refractivity contribution in [1.82, 2.24) is 15.2 Å². The van der Waals surface area contributed by atoms with Gasteiger partial charge in [-0.3, -0.25) is 14.6 Å². The van der Waals surface area contributed by atoms with Gasteiger partial charge in [0, 0.05) is 24.2 Å². The van der Waals surface area contributed by atoms with E-state index in [9.17, 15) is 18.4 Å². The molecule has 1 N–H and O–H groups in total. The molecule has 6 nitrogen and oxygen atoms in total. The van der Waals surface area contributed by atoms with Gasteiger partial charge in [-0.1, -0.05) is 25.4 Å². The molecule has 0 spiro atoms. The zero-order chi connectivity index (χ0) is 23.7. The summed E-state index contributed by atoms with van der Waals surface area (Å²) in [6.07, 6.45) is 2.82. The van der Waals surface area contributed by atoms with E-state index < -0.39 is 29.6 Å². The number of ether oxygens (including phenoxy) is 1. The maximum absolute atomic E-state index is 14.7. The smallest absolute Gasteiger partial charge is 0.273 e. The lowest BCUT2D eigenvalue weighted by atomic mass is 9.90. The Morgan fingerprint density at radius 3 is 2.70 bits per heavy atom. The van der Waals surface area contributed by atoms with Crippen molar-refractivity contribution in [3.63, 3.8) is 0 Å². The van der Waals surface area contributed by atoms with Gasteiger partial charge >= 0.3 is 0 Å². The van der Waals surface area contributed by atoms with Gasteiger partial charge in [0.15, 0.2) is 0 Å². The number of amides is 2. The van der Waals surface area contributed by atoms with Gasteiger partial charge in [0.25, 0.3) is 5.91 Å². The maximum Gasteiger partial charge on any atom is 0.273 e. The van der Waals surface area contributed by atoms with Crippen LogP contribution in [0, 0.1) is 23.5 Å². The SMILES string of the molecule is CCc1ccnc(C(=O)N2C[C@H](C)C[C@@H]2C(=O)N[C@@H](c2cc(F)c(Cl)cc2F)C2COC2)c1. The highest BCUT2D eigenvalue weighted by molar-refractivity contribution is 6.30. The first-order valence-electron chi connectivity index (χ1n) is 11.1. The first-order chi connectivity index (χ1) is 15.8. The van der Waals surface area contributed by atoms with Crippen LogP contribution in [0.25, 0.3) is 0 Å². The average Bonchev–Trinajstić information content (AvgIpc) is 3.16. The molecule has 0 bridgehead atoms. The predicted molar refractivity (Wildman–Crippen MR) is 119 cm³/mol. The second-order valence-electron chi connectivity index (χ2n) is 8.79. The van der Waals surface area contributed by atoms with E-state index in [0.29, 0.717) is 26.2 Å². The van der Waals surface area contributed by atoms with Crippen LogP contribution in [0.4, 0.5) is 8.78 Å². The summed E-state index contributed by atoms with van der Waals surface area (Å²) in [7, 11) is 0. The molecule has 2 aliphatic heterocycles. The molecule has 3 heterocycles. The lowest BCUT2D eigenvalue weighted by Crippen LogP contribution is -2.50. The monoisotopic (exact) mass is 477 g/mol. The van der Waals surface area contributed by atoms with E-state index in [1.165, 1.54) is 4.90 Å². The number of halogens is 3. The fourth-order valence-corrected chi connectivity index (χ4v) is 4.55. The first-order valence-corrected chi connectivity index (χ1v) is 11.4. The minimum atomic E-state index is -0.799. The fourth-order valence-electron chi connectivity index (χ4n) is 4.40. The Morgan fingerprint density at radius 1 is 1.27 bits per heavy atom. The molecule has 0 saturated carbocycles. The number of hydrogen-bond donors (Lipinski definition) is 1. The number of aryl methyl sites for hydroxylation is 1. The van der Waals surface area contributed by atoms with Crippen LogP contribution in [-0.4, -0.2) is 47.5 Å². The number of nitrogens with zero attached hydrogens (tertiary/aromatic N) is 2. The van der Waals surface area contributed by atoms with Crippen LogP contribution in [0.2, 0.25) is 5.02 Å². The molecule has 2 amide bonds. The predicted octanol–water partition coefficient (Wildman–Crippen LogP) is 3.93. The van der Waals surface area contributed by atoms with E-state index >= 15 is 0 Å². The Balaban J connectivity index is 1.58. The molecule has 0 aliphatic carbocycles. The molecule has 1 aromatic heterocycles. The second-order valence-corrected chi connectivity index (χ2v) is 9.20. The third kappa shape index (κ3) is 4.87. The molecule has 2 aliphatic rings. The largest absolute Gasteiger partial charge is 0.381 e. The van der Waals surface area contributed by atoms with Gasteiger partial charge in [0.05, 0.1) is 24.3 Å². The van der Waals surface area contributed by atoms with Gasteiger partial charge in [0.1, 0.15) is 23.4 Å². The molecule has 4 rings (SSSR count). The van der Waals surface area contributed by atoms with Crippen molar-refractivity contribution in [3.05, 3.63) is 63.9 Å². The topological polar surface area (TPSA) is 71.5 Å². The number of benzene rings is 1. The van der Waals surface area contributed by atoms with Crippen molar-refractivity contribution >= 4 is 23.4 Å². The summed E-state index contributed by atoms with van der Waals surface area (Å²) < 4.78 is 34.0. The van der Waals surface area contributed by atoms with Crippen molar-refractivity contribution in [3.8, 4) is 0 Å². The molecule has 2 fully saturated rings. The summed E-state index contributed by atoms with van der Waals surface area (Å²) in [6, 6.07) is 3.97. The average molecular weight is 478 g/mol. The van der Waals surface area contributed by atoms with Crippen LogP contribution in [0.5, 0.6) is 0 Å². The standard InChI is InChI=1S/C24H26ClF2N3O3/c1-3-14-4-5-28-20(7-14)24(32)30-10-13(2)6-21(30)23(31)29-22(15-11-33-12-15)16-8-19(27)17(25)9-18(16)26/h4-5,7-9,13,15,21-22H,3,6,10-12H2,1-2H3,(H,29,31)/t13-,21-,22-/m1/s1. The summed E-state index contributed by atoms with van der Waals surface area (Å²) in [6.45, 7) is 4.99. The van der Waals surface area contributed by atoms with Gasteiger partial charge in [-0.15, -0.1) is 0 Å². The molecule has 9 heteroatoms. The molecule has 3 atom stereocenters. The van der Waals surface area contributed by atoms with Crippen LogP contribution in [0.15, 0.2) is 30.5 Å². The number of likely N-dealkylation sites (tertiary alicyclic amines) is 1. The summed E-state index contributed by atoms with van der Waals surface area (Å²) in [5, 5.41) is 2.54. The van der Waals surface area contributed by atoms with E-state index in [2.05, 4.69) is 10.3 Å². The zero-order valence-electron chi connectivity index (χ0n) is 18.5. The highest BCUT2D eigenvalue weighted by Crippen LogP contribution is 2.33. The first kappa shape index (κ1) is 23.6. The summed E-state index contributed by atoms with van der Waals surface area (Å²) in [5.74, 6) is -2.30. The Bertz CT molecular complexity index is 1060. The van der Waals surface area contributed by atoms with Crippen LogP contribution < -0.4 is 5.32 Å². The Morgan fingerprint density at radius 2 is 2.03 bits per heavy atom. The van der Waals surface area contributed by atoms with Crippen molar-refractivity contribution in [2.75, 3.05) is 19.8 Å². The lowest BCUT2D eigenvalue weighted by Gasteiger charge is -2.36. The molecule has 0 unspecified atom stereocenters. The Kier molecular flexibility index (Phi) is 6.95. The van der Waals surface area contributed by atoms with Crippen LogP contribution in [0.1, 0.15) is 47.9 Å². The molecular weight excluding hydrogens is 452 g/mol. The molecule has 0 radical (unpaired) electrons. The Hall–Kier alpha value is -2.58. The van der Waals surface area contributed by atoms with Gasteiger partial charge < -0.3 is 15.0 Å². The number of hydrogen-bond acceptors (Lipinski definition) is 4. The van der Waals surface area contributed by atoms with Crippen molar-refractivity contribution in [2.45, 2.75) is 38.8 Å². The summed E-state index contributed by atoms with van der Waals surface area (Å²) >= 11 is 5.70. The molecule has 1 aromatic carbocycles. The third-order valence-corrected chi connectivity index (χ3v) is 6.62. The van der Waals surface area contributed by atoms with E-state index in [-0.39, 0.29) is 34.0 Å². The van der Waals surface area contributed by atoms with Crippen molar-refractivity contribution in [1.29, 1.82) is 0 Å². The lowest BCUT2D eigenvalue weighted by molar-refractivity contribution is -0.128. The maximum atomic E-state index is 14.7. The molecular formula is C24H26ClF2N3O3. The second kappa shape index (κ2) is 9.73. The van der Waals surface area contributed by atoms with Gasteiger partial charge in [-0.25, -0.2) is 8.78 Å². The number of carbonyl (C=O) groups excluding carboxylic acids is 2. The number of nitrogens with one attached hydrogen (secondary N) is 1. The zero-order valence-corrected chi connectivity index (χ0v) is 19.2. The van der Waals surface area contributed by atoms with Gasteiger partial charge in [0.2, 0.25) is 5.91 Å². The van der Waals surface area contributed by atoms with E-state index in [1.54, 1.807) is 12.3 Å². The normalized spacial score (nSPS) is 21.5. The quantitative estimate of drug-likeness (QED) is 0.640. The van der Waals surface area contributed by atoms with Crippen LogP contribution in [0.3, 0.4) is 0 Å². The Labute approximate surface area is 196 Å². The molecule has 176 valence electrons. The molecule has 2 saturated heterocycles. The van der Waals surface area contributed by atoms with Gasteiger partial charge in [-0.05, 0) is 48.6 Å². The summed E-state index contributed by atoms with van der Waals surface area (Å²) in [5.41, 5.74) is 1.28. The van der Waals surface area contributed by atoms with E-state index in [1.807, 2.05) is 19.9 Å². The molecule has 2 aromatic rings. The summed E-state index contributed by atoms with van der Waals surface area (Å²) in [4.78, 5) is 32.3. The minimum absolute atomic E-state index is 0.0137. The van der Waals surface area contributed by atoms with Crippen LogP contribution >= 0.6 is 11.6 Å². The number of carbonyl (C=O) groups is 2. The van der Waals surface area contributed by atoms with Gasteiger partial charge in [-0.2, -0.15) is 0 Å². The van der Waals surface area contributed by atoms with Crippen molar-refractivity contribution in [2.24, 2.45) is 11.8 Å². The highest BCUT2D eigenvalue weighted by Gasteiger charge is 2.41. The number of pyridine rings is 1. The van der Waals surface area contributed by atoms with E-state index in [0.717, 1.165) is 24.1 Å². The highest BCUT2D eigenvalue weighted by atomic mass is 35.5. The molecule has 33 heavy (non-hydrogen) atoms.